The molecule has 4 rings (SSSR count). The van der Waals surface area contributed by atoms with E-state index in [4.69, 9.17) is 4.74 Å². The lowest BCUT2D eigenvalue weighted by Crippen LogP contribution is -2.14. The maximum absolute atomic E-state index is 13.0. The van der Waals surface area contributed by atoms with Gasteiger partial charge in [0.25, 0.3) is 5.91 Å². The third-order valence-corrected chi connectivity index (χ3v) is 7.00. The number of hydrogen-bond donors (Lipinski definition) is 1. The largest absolute Gasteiger partial charge is 0.487 e. The molecule has 0 heterocycles. The third-order valence-electron chi connectivity index (χ3n) is 5.40. The van der Waals surface area contributed by atoms with Crippen molar-refractivity contribution >= 4 is 73.6 Å². The smallest absolute Gasteiger partial charge is 0.416 e. The Labute approximate surface area is 238 Å². The Bertz CT molecular complexity index is 1530. The van der Waals surface area contributed by atoms with Crippen LogP contribution in [0.5, 0.6) is 5.75 Å². The van der Waals surface area contributed by atoms with Crippen LogP contribution in [0, 0.1) is 18.5 Å². The van der Waals surface area contributed by atoms with Gasteiger partial charge in [-0.3, -0.25) is 4.79 Å². The molecule has 9 heteroatoms. The first kappa shape index (κ1) is 26.9. The summed E-state index contributed by atoms with van der Waals surface area (Å²) in [5.74, 6) is -0.124. The molecule has 0 saturated carbocycles. The summed E-state index contributed by atoms with van der Waals surface area (Å²) in [5.41, 5.74) is 0.445. The van der Waals surface area contributed by atoms with Gasteiger partial charge in [0.1, 0.15) is 24.0 Å². The first-order valence-corrected chi connectivity index (χ1v) is 13.0. The van der Waals surface area contributed by atoms with Crippen molar-refractivity contribution in [3.63, 3.8) is 0 Å². The fraction of sp³-hybridized carbons (Fsp3) is 0.0714. The lowest BCUT2D eigenvalue weighted by atomic mass is 10.1. The Morgan fingerprint density at radius 2 is 1.65 bits per heavy atom. The van der Waals surface area contributed by atoms with Crippen molar-refractivity contribution in [2.75, 3.05) is 5.32 Å². The topological polar surface area (TPSA) is 62.1 Å². The Kier molecular flexibility index (Phi) is 8.39. The van der Waals surface area contributed by atoms with E-state index in [-0.39, 0.29) is 11.3 Å². The molecule has 4 nitrogen and oxygen atoms in total. The van der Waals surface area contributed by atoms with Crippen LogP contribution in [0.15, 0.2) is 84.4 Å². The number of anilines is 1. The summed E-state index contributed by atoms with van der Waals surface area (Å²) in [7, 11) is 0. The first-order chi connectivity index (χ1) is 17.7. The molecule has 0 aliphatic rings. The van der Waals surface area contributed by atoms with Gasteiger partial charge >= 0.3 is 6.18 Å². The minimum atomic E-state index is -4.54. The van der Waals surface area contributed by atoms with E-state index in [0.717, 1.165) is 35.6 Å². The lowest BCUT2D eigenvalue weighted by molar-refractivity contribution is -0.137. The summed E-state index contributed by atoms with van der Waals surface area (Å²) in [6.07, 6.45) is -3.15. The van der Waals surface area contributed by atoms with Crippen LogP contribution in [-0.4, -0.2) is 5.91 Å². The number of amides is 1. The van der Waals surface area contributed by atoms with Crippen LogP contribution in [0.1, 0.15) is 16.7 Å². The van der Waals surface area contributed by atoms with Crippen LogP contribution in [-0.2, 0) is 17.6 Å². The van der Waals surface area contributed by atoms with E-state index in [1.54, 1.807) is 12.1 Å². The van der Waals surface area contributed by atoms with Gasteiger partial charge in [-0.25, -0.2) is 0 Å². The van der Waals surface area contributed by atoms with Crippen LogP contribution in [0.3, 0.4) is 0 Å². The fourth-order valence-corrected chi connectivity index (χ4v) is 5.78. The minimum absolute atomic E-state index is 0.0534. The van der Waals surface area contributed by atoms with Crippen LogP contribution in [0.4, 0.5) is 18.9 Å². The van der Waals surface area contributed by atoms with Gasteiger partial charge in [0.2, 0.25) is 0 Å². The molecular formula is C28H17F3I2N2O2. The number of carbonyl (C=O) groups is 1. The number of ether oxygens (including phenoxy) is 1. The average molecular weight is 724 g/mol. The number of benzene rings is 4. The zero-order chi connectivity index (χ0) is 26.6. The Morgan fingerprint density at radius 3 is 2.35 bits per heavy atom. The molecule has 186 valence electrons. The normalized spacial score (nSPS) is 11.7. The molecule has 1 N–H and O–H groups in total. The molecule has 0 atom stereocenters. The fourth-order valence-electron chi connectivity index (χ4n) is 3.66. The summed E-state index contributed by atoms with van der Waals surface area (Å²) in [6.45, 7) is 0.366. The highest BCUT2D eigenvalue weighted by molar-refractivity contribution is 14.1. The molecule has 1 amide bonds. The van der Waals surface area contributed by atoms with Crippen molar-refractivity contribution in [3.8, 4) is 11.8 Å². The molecular weight excluding hydrogens is 707 g/mol. The number of hydrogen-bond acceptors (Lipinski definition) is 3. The third kappa shape index (κ3) is 6.61. The highest BCUT2D eigenvalue weighted by atomic mass is 127. The molecule has 0 aliphatic carbocycles. The highest BCUT2D eigenvalue weighted by Gasteiger charge is 2.30. The van der Waals surface area contributed by atoms with Crippen LogP contribution < -0.4 is 10.1 Å². The number of nitrogens with one attached hydrogen (secondary N) is 1. The van der Waals surface area contributed by atoms with Gasteiger partial charge in [-0.15, -0.1) is 0 Å². The molecule has 0 bridgehead atoms. The molecule has 0 fully saturated rings. The molecule has 0 aromatic heterocycles. The summed E-state index contributed by atoms with van der Waals surface area (Å²) < 4.78 is 46.6. The number of carbonyl (C=O) groups excluding carboxylic acids is 1. The average Bonchev–Trinajstić information content (AvgIpc) is 2.86. The van der Waals surface area contributed by atoms with Crippen LogP contribution in [0.2, 0.25) is 0 Å². The van der Waals surface area contributed by atoms with Gasteiger partial charge in [-0.2, -0.15) is 18.4 Å². The number of halogens is 5. The number of nitriles is 1. The van der Waals surface area contributed by atoms with Gasteiger partial charge < -0.3 is 10.1 Å². The number of nitrogens with zero attached hydrogens (tertiary/aromatic N) is 1. The minimum Gasteiger partial charge on any atom is -0.487 e. The summed E-state index contributed by atoms with van der Waals surface area (Å²) >= 11 is 4.26. The Morgan fingerprint density at radius 1 is 0.973 bits per heavy atom. The van der Waals surface area contributed by atoms with Crippen molar-refractivity contribution in [3.05, 3.63) is 108 Å². The molecule has 0 spiro atoms. The number of fused-ring (bicyclic) bond motifs is 1. The molecule has 0 saturated heterocycles. The van der Waals surface area contributed by atoms with Gasteiger partial charge in [0.05, 0.1) is 12.7 Å². The summed E-state index contributed by atoms with van der Waals surface area (Å²) in [4.78, 5) is 12.6. The second kappa shape index (κ2) is 11.5. The van der Waals surface area contributed by atoms with Crippen LogP contribution >= 0.6 is 45.2 Å². The maximum Gasteiger partial charge on any atom is 0.416 e. The molecule has 0 radical (unpaired) electrons. The number of rotatable bonds is 6. The SMILES string of the molecule is N#C/C(=C/c1cc(I)c(OCc2cccc3ccccc23)c(I)c1)C(=O)Nc1cccc(C(F)(F)F)c1. The van der Waals surface area contributed by atoms with Crippen molar-refractivity contribution < 1.29 is 22.7 Å². The Balaban J connectivity index is 1.52. The zero-order valence-corrected chi connectivity index (χ0v) is 23.3. The lowest BCUT2D eigenvalue weighted by Gasteiger charge is -2.13. The quantitative estimate of drug-likeness (QED) is 0.124. The van der Waals surface area contributed by atoms with E-state index in [2.05, 4.69) is 50.5 Å². The van der Waals surface area contributed by atoms with Crippen molar-refractivity contribution in [1.29, 1.82) is 5.26 Å². The van der Waals surface area contributed by atoms with E-state index in [9.17, 15) is 23.2 Å². The Hall–Kier alpha value is -3.11. The van der Waals surface area contributed by atoms with Crippen molar-refractivity contribution in [1.82, 2.24) is 0 Å². The second-order valence-electron chi connectivity index (χ2n) is 7.94. The van der Waals surface area contributed by atoms with Crippen molar-refractivity contribution in [2.45, 2.75) is 12.8 Å². The standard InChI is InChI=1S/C28H17F3I2N2O2/c29-28(30,31)21-8-4-9-22(14-21)35-27(36)20(15-34)11-17-12-24(32)26(25(33)13-17)37-16-19-7-3-6-18-5-1-2-10-23(18)19/h1-14H,16H2,(H,35,36)/b20-11-. The molecule has 4 aromatic carbocycles. The summed E-state index contributed by atoms with van der Waals surface area (Å²) in [6, 6.07) is 23.7. The van der Waals surface area contributed by atoms with E-state index >= 15 is 0 Å². The van der Waals surface area contributed by atoms with E-state index in [0.29, 0.717) is 17.9 Å². The number of alkyl halides is 3. The first-order valence-electron chi connectivity index (χ1n) is 10.8. The molecule has 0 unspecified atom stereocenters. The highest BCUT2D eigenvalue weighted by Crippen LogP contribution is 2.32. The second-order valence-corrected chi connectivity index (χ2v) is 10.3. The van der Waals surface area contributed by atoms with Gasteiger partial charge in [-0.05, 0) is 103 Å². The molecule has 0 aliphatic heterocycles. The molecule has 37 heavy (non-hydrogen) atoms. The van der Waals surface area contributed by atoms with E-state index < -0.39 is 17.6 Å². The van der Waals surface area contributed by atoms with Gasteiger partial charge in [-0.1, -0.05) is 48.5 Å². The van der Waals surface area contributed by atoms with E-state index in [1.807, 2.05) is 48.5 Å². The van der Waals surface area contributed by atoms with Gasteiger partial charge in [0, 0.05) is 5.69 Å². The predicted molar refractivity (Wildman–Crippen MR) is 154 cm³/mol. The predicted octanol–water partition coefficient (Wildman–Crippen LogP) is 8.19. The summed E-state index contributed by atoms with van der Waals surface area (Å²) in [5, 5.41) is 14.1. The monoisotopic (exact) mass is 724 g/mol. The van der Waals surface area contributed by atoms with Gasteiger partial charge in [0.15, 0.2) is 0 Å². The van der Waals surface area contributed by atoms with E-state index in [1.165, 1.54) is 18.2 Å². The van der Waals surface area contributed by atoms with Crippen LogP contribution in [0.25, 0.3) is 16.8 Å². The molecule has 4 aromatic rings. The maximum atomic E-state index is 13.0. The zero-order valence-electron chi connectivity index (χ0n) is 18.9. The van der Waals surface area contributed by atoms with Crippen molar-refractivity contribution in [2.24, 2.45) is 0 Å².